The van der Waals surface area contributed by atoms with Crippen LogP contribution in [0.2, 0.25) is 0 Å². The Labute approximate surface area is 124 Å². The molecule has 0 aliphatic rings. The number of pyridine rings is 1. The van der Waals surface area contributed by atoms with E-state index in [4.69, 9.17) is 0 Å². The largest absolute Gasteiger partial charge is 0.370 e. The van der Waals surface area contributed by atoms with Crippen molar-refractivity contribution < 1.29 is 4.79 Å². The van der Waals surface area contributed by atoms with Crippen molar-refractivity contribution in [3.8, 4) is 0 Å². The Kier molecular flexibility index (Phi) is 4.81. The van der Waals surface area contributed by atoms with Crippen LogP contribution in [0.15, 0.2) is 24.5 Å². The molecule has 0 radical (unpaired) electrons. The van der Waals surface area contributed by atoms with Crippen LogP contribution in [-0.4, -0.2) is 27.4 Å². The van der Waals surface area contributed by atoms with E-state index in [1.54, 1.807) is 24.5 Å². The summed E-state index contributed by atoms with van der Waals surface area (Å²) in [6.07, 6.45) is 3.35. The molecule has 2 N–H and O–H groups in total. The fourth-order valence-electron chi connectivity index (χ4n) is 1.85. The Morgan fingerprint density at radius 2 is 1.95 bits per heavy atom. The summed E-state index contributed by atoms with van der Waals surface area (Å²) < 4.78 is 0. The van der Waals surface area contributed by atoms with E-state index in [9.17, 15) is 4.79 Å². The smallest absolute Gasteiger partial charge is 0.251 e. The lowest BCUT2D eigenvalue weighted by atomic mass is 10.2. The number of carbonyl (C=O) groups excluding carboxylic acids is 1. The molecule has 0 fully saturated rings. The Morgan fingerprint density at radius 1 is 1.14 bits per heavy atom. The van der Waals surface area contributed by atoms with Gasteiger partial charge in [0, 0.05) is 24.0 Å². The number of amides is 1. The molecular formula is C15H19N5O. The molecule has 0 aromatic carbocycles. The average molecular weight is 285 g/mol. The molecule has 110 valence electrons. The SMILES string of the molecule is CCNc1cc(C(=O)NCc2cnc(C)cn2)cc(C)n1. The minimum absolute atomic E-state index is 0.151. The summed E-state index contributed by atoms with van der Waals surface area (Å²) in [5.41, 5.74) is 2.96. The van der Waals surface area contributed by atoms with Gasteiger partial charge in [-0.2, -0.15) is 0 Å². The summed E-state index contributed by atoms with van der Waals surface area (Å²) in [5.74, 6) is 0.555. The molecule has 0 aliphatic heterocycles. The standard InChI is InChI=1S/C15H19N5O/c1-4-16-14-6-12(5-10(2)20-14)15(21)19-9-13-8-17-11(3)7-18-13/h5-8H,4,9H2,1-3H3,(H,16,20)(H,19,21). The van der Waals surface area contributed by atoms with E-state index in [1.165, 1.54) is 0 Å². The first-order valence-corrected chi connectivity index (χ1v) is 6.86. The topological polar surface area (TPSA) is 79.8 Å². The monoisotopic (exact) mass is 285 g/mol. The van der Waals surface area contributed by atoms with Gasteiger partial charge in [0.15, 0.2) is 0 Å². The second-order valence-electron chi connectivity index (χ2n) is 4.74. The lowest BCUT2D eigenvalue weighted by Gasteiger charge is -2.08. The van der Waals surface area contributed by atoms with E-state index in [0.717, 1.165) is 23.6 Å². The molecular weight excluding hydrogens is 266 g/mol. The number of anilines is 1. The minimum atomic E-state index is -0.151. The van der Waals surface area contributed by atoms with Crippen LogP contribution in [0.4, 0.5) is 5.82 Å². The quantitative estimate of drug-likeness (QED) is 0.876. The second kappa shape index (κ2) is 6.78. The first kappa shape index (κ1) is 14.9. The first-order chi connectivity index (χ1) is 10.1. The van der Waals surface area contributed by atoms with Crippen LogP contribution in [-0.2, 0) is 6.54 Å². The van der Waals surface area contributed by atoms with Gasteiger partial charge >= 0.3 is 0 Å². The van der Waals surface area contributed by atoms with E-state index in [2.05, 4.69) is 25.6 Å². The molecule has 1 amide bonds. The molecule has 6 heteroatoms. The van der Waals surface area contributed by atoms with Crippen molar-refractivity contribution in [2.24, 2.45) is 0 Å². The summed E-state index contributed by atoms with van der Waals surface area (Å²) >= 11 is 0. The van der Waals surface area contributed by atoms with Crippen LogP contribution >= 0.6 is 0 Å². The van der Waals surface area contributed by atoms with Crippen LogP contribution in [0.5, 0.6) is 0 Å². The molecule has 0 bridgehead atoms. The molecule has 21 heavy (non-hydrogen) atoms. The number of aryl methyl sites for hydroxylation is 2. The minimum Gasteiger partial charge on any atom is -0.370 e. The van der Waals surface area contributed by atoms with Crippen molar-refractivity contribution in [2.45, 2.75) is 27.3 Å². The third kappa shape index (κ3) is 4.24. The molecule has 0 atom stereocenters. The maximum Gasteiger partial charge on any atom is 0.251 e. The molecule has 2 rings (SSSR count). The zero-order valence-corrected chi connectivity index (χ0v) is 12.5. The summed E-state index contributed by atoms with van der Waals surface area (Å²) in [7, 11) is 0. The third-order valence-electron chi connectivity index (χ3n) is 2.84. The van der Waals surface area contributed by atoms with Crippen LogP contribution in [0.3, 0.4) is 0 Å². The molecule has 2 aromatic heterocycles. The lowest BCUT2D eigenvalue weighted by molar-refractivity contribution is 0.0950. The highest BCUT2D eigenvalue weighted by atomic mass is 16.1. The van der Waals surface area contributed by atoms with Crippen LogP contribution < -0.4 is 10.6 Å². The molecule has 0 saturated carbocycles. The van der Waals surface area contributed by atoms with Gasteiger partial charge in [0.2, 0.25) is 0 Å². The van der Waals surface area contributed by atoms with Gasteiger partial charge in [-0.05, 0) is 32.9 Å². The van der Waals surface area contributed by atoms with E-state index in [0.29, 0.717) is 17.9 Å². The summed E-state index contributed by atoms with van der Waals surface area (Å²) in [6.45, 7) is 6.83. The summed E-state index contributed by atoms with van der Waals surface area (Å²) in [6, 6.07) is 3.50. The molecule has 0 spiro atoms. The van der Waals surface area contributed by atoms with Gasteiger partial charge in [0.05, 0.1) is 24.1 Å². The molecule has 0 saturated heterocycles. The number of rotatable bonds is 5. The number of hydrogen-bond donors (Lipinski definition) is 2. The number of aromatic nitrogens is 3. The van der Waals surface area contributed by atoms with Crippen LogP contribution in [0, 0.1) is 13.8 Å². The fourth-order valence-corrected chi connectivity index (χ4v) is 1.85. The molecule has 0 unspecified atom stereocenters. The van der Waals surface area contributed by atoms with Gasteiger partial charge in [-0.15, -0.1) is 0 Å². The Morgan fingerprint density at radius 3 is 2.62 bits per heavy atom. The van der Waals surface area contributed by atoms with E-state index in [-0.39, 0.29) is 5.91 Å². The van der Waals surface area contributed by atoms with Crippen LogP contribution in [0.1, 0.15) is 34.4 Å². The first-order valence-electron chi connectivity index (χ1n) is 6.86. The number of carbonyl (C=O) groups is 1. The highest BCUT2D eigenvalue weighted by molar-refractivity contribution is 5.94. The maximum atomic E-state index is 12.2. The molecule has 6 nitrogen and oxygen atoms in total. The highest BCUT2D eigenvalue weighted by Crippen LogP contribution is 2.10. The zero-order valence-electron chi connectivity index (χ0n) is 12.5. The summed E-state index contributed by atoms with van der Waals surface area (Å²) in [4.78, 5) is 24.9. The molecule has 2 aromatic rings. The second-order valence-corrected chi connectivity index (χ2v) is 4.74. The van der Waals surface area contributed by atoms with Gasteiger partial charge in [-0.25, -0.2) is 4.98 Å². The van der Waals surface area contributed by atoms with Gasteiger partial charge in [-0.1, -0.05) is 0 Å². The van der Waals surface area contributed by atoms with E-state index in [1.807, 2.05) is 20.8 Å². The molecule has 0 aliphatic carbocycles. The predicted octanol–water partition coefficient (Wildman–Crippen LogP) is 1.85. The van der Waals surface area contributed by atoms with Gasteiger partial charge in [0.25, 0.3) is 5.91 Å². The van der Waals surface area contributed by atoms with Crippen molar-refractivity contribution >= 4 is 11.7 Å². The zero-order chi connectivity index (χ0) is 15.2. The Balaban J connectivity index is 2.04. The van der Waals surface area contributed by atoms with Crippen LogP contribution in [0.25, 0.3) is 0 Å². The van der Waals surface area contributed by atoms with Gasteiger partial charge < -0.3 is 10.6 Å². The normalized spacial score (nSPS) is 10.2. The maximum absolute atomic E-state index is 12.2. The summed E-state index contributed by atoms with van der Waals surface area (Å²) in [5, 5.41) is 5.94. The lowest BCUT2D eigenvalue weighted by Crippen LogP contribution is -2.24. The van der Waals surface area contributed by atoms with Gasteiger partial charge in [0.1, 0.15) is 5.82 Å². The van der Waals surface area contributed by atoms with Crippen molar-refractivity contribution in [3.63, 3.8) is 0 Å². The average Bonchev–Trinajstić information content (AvgIpc) is 2.46. The van der Waals surface area contributed by atoms with Crippen molar-refractivity contribution in [1.82, 2.24) is 20.3 Å². The Hall–Kier alpha value is -2.50. The van der Waals surface area contributed by atoms with Crippen molar-refractivity contribution in [3.05, 3.63) is 47.2 Å². The number of hydrogen-bond acceptors (Lipinski definition) is 5. The van der Waals surface area contributed by atoms with Crippen molar-refractivity contribution in [1.29, 1.82) is 0 Å². The fraction of sp³-hybridized carbons (Fsp3) is 0.333. The highest BCUT2D eigenvalue weighted by Gasteiger charge is 2.08. The number of nitrogens with zero attached hydrogens (tertiary/aromatic N) is 3. The van der Waals surface area contributed by atoms with Crippen molar-refractivity contribution in [2.75, 3.05) is 11.9 Å². The van der Waals surface area contributed by atoms with E-state index >= 15 is 0 Å². The van der Waals surface area contributed by atoms with Gasteiger partial charge in [-0.3, -0.25) is 14.8 Å². The van der Waals surface area contributed by atoms with E-state index < -0.39 is 0 Å². The Bertz CT molecular complexity index is 624. The third-order valence-corrected chi connectivity index (χ3v) is 2.84. The molecule has 2 heterocycles. The number of nitrogens with one attached hydrogen (secondary N) is 2. The predicted molar refractivity (Wildman–Crippen MR) is 81.1 cm³/mol.